The molecule has 0 bridgehead atoms. The fourth-order valence-corrected chi connectivity index (χ4v) is 2.96. The minimum Gasteiger partial charge on any atom is -0.382 e. The SMILES string of the molecule is CC(CS(C)=O)NC(=O)c1sc(N(C)C)nc1N. The lowest BCUT2D eigenvalue weighted by Crippen LogP contribution is -2.36. The first kappa shape index (κ1) is 14.9. The average Bonchev–Trinajstić information content (AvgIpc) is 2.58. The first-order valence-electron chi connectivity index (χ1n) is 5.35. The molecule has 0 fully saturated rings. The molecule has 0 saturated carbocycles. The summed E-state index contributed by atoms with van der Waals surface area (Å²) in [5.74, 6) is 0.382. The summed E-state index contributed by atoms with van der Waals surface area (Å²) >= 11 is 1.24. The highest BCUT2D eigenvalue weighted by molar-refractivity contribution is 7.84. The molecule has 3 N–H and O–H groups in total. The Labute approximate surface area is 113 Å². The summed E-state index contributed by atoms with van der Waals surface area (Å²) in [6, 6.07) is -0.160. The van der Waals surface area contributed by atoms with Crippen molar-refractivity contribution < 1.29 is 9.00 Å². The predicted octanol–water partition coefficient (Wildman–Crippen LogP) is 0.288. The van der Waals surface area contributed by atoms with E-state index in [1.807, 2.05) is 21.0 Å². The van der Waals surface area contributed by atoms with Crippen LogP contribution in [0, 0.1) is 0 Å². The minimum absolute atomic E-state index is 0.160. The van der Waals surface area contributed by atoms with Crippen molar-refractivity contribution >= 4 is 39.0 Å². The maximum absolute atomic E-state index is 12.0. The van der Waals surface area contributed by atoms with Gasteiger partial charge in [0.25, 0.3) is 5.91 Å². The molecule has 1 aromatic heterocycles. The molecule has 1 heterocycles. The van der Waals surface area contributed by atoms with Crippen LogP contribution in [0.5, 0.6) is 0 Å². The highest BCUT2D eigenvalue weighted by atomic mass is 32.2. The standard InChI is InChI=1S/C10H18N4O2S2/c1-6(5-18(4)16)12-9(15)7-8(11)13-10(17-7)14(2)3/h6H,5,11H2,1-4H3,(H,12,15). The number of anilines is 2. The molecule has 1 aromatic rings. The lowest BCUT2D eigenvalue weighted by Gasteiger charge is -2.11. The van der Waals surface area contributed by atoms with E-state index in [2.05, 4.69) is 10.3 Å². The second kappa shape index (κ2) is 6.14. The van der Waals surface area contributed by atoms with Crippen LogP contribution in [0.1, 0.15) is 16.6 Å². The van der Waals surface area contributed by atoms with Gasteiger partial charge in [0.2, 0.25) is 0 Å². The molecule has 1 amide bonds. The van der Waals surface area contributed by atoms with Crippen LogP contribution in [0.15, 0.2) is 0 Å². The van der Waals surface area contributed by atoms with Crippen molar-refractivity contribution in [2.45, 2.75) is 13.0 Å². The van der Waals surface area contributed by atoms with Gasteiger partial charge in [-0.25, -0.2) is 4.98 Å². The molecule has 1 rings (SSSR count). The number of nitrogens with zero attached hydrogens (tertiary/aromatic N) is 2. The number of hydrogen-bond acceptors (Lipinski definition) is 6. The third kappa shape index (κ3) is 3.95. The Bertz CT molecular complexity index is 459. The van der Waals surface area contributed by atoms with Crippen LogP contribution in [-0.2, 0) is 10.8 Å². The molecule has 0 spiro atoms. The molecular weight excluding hydrogens is 272 g/mol. The third-order valence-electron chi connectivity index (χ3n) is 2.09. The molecule has 18 heavy (non-hydrogen) atoms. The number of hydrogen-bond donors (Lipinski definition) is 2. The molecular formula is C10H18N4O2S2. The number of nitrogens with one attached hydrogen (secondary N) is 1. The van der Waals surface area contributed by atoms with E-state index in [-0.39, 0.29) is 17.8 Å². The van der Waals surface area contributed by atoms with E-state index >= 15 is 0 Å². The van der Waals surface area contributed by atoms with Gasteiger partial charge in [-0.1, -0.05) is 11.3 Å². The molecule has 2 unspecified atom stereocenters. The summed E-state index contributed by atoms with van der Waals surface area (Å²) in [5, 5.41) is 3.45. The average molecular weight is 290 g/mol. The second-order valence-electron chi connectivity index (χ2n) is 4.22. The van der Waals surface area contributed by atoms with Gasteiger partial charge in [0, 0.05) is 42.9 Å². The number of aromatic nitrogens is 1. The normalized spacial score (nSPS) is 14.0. The minimum atomic E-state index is -0.942. The van der Waals surface area contributed by atoms with Crippen LogP contribution in [-0.4, -0.2) is 47.2 Å². The zero-order chi connectivity index (χ0) is 13.9. The summed E-state index contributed by atoms with van der Waals surface area (Å²) in [6.45, 7) is 1.81. The molecule has 0 aliphatic heterocycles. The second-order valence-corrected chi connectivity index (χ2v) is 6.68. The Hall–Kier alpha value is -1.15. The largest absolute Gasteiger partial charge is 0.382 e. The summed E-state index contributed by atoms with van der Waals surface area (Å²) in [4.78, 5) is 18.2. The number of rotatable bonds is 5. The molecule has 102 valence electrons. The molecule has 0 aliphatic carbocycles. The van der Waals surface area contributed by atoms with Gasteiger partial charge < -0.3 is 16.0 Å². The number of nitrogen functional groups attached to an aromatic ring is 1. The van der Waals surface area contributed by atoms with Crippen LogP contribution in [0.3, 0.4) is 0 Å². The summed E-state index contributed by atoms with van der Waals surface area (Å²) in [5.41, 5.74) is 5.71. The van der Waals surface area contributed by atoms with Crippen molar-refractivity contribution in [2.75, 3.05) is 36.7 Å². The number of thiazole rings is 1. The molecule has 2 atom stereocenters. The van der Waals surface area contributed by atoms with E-state index in [0.717, 1.165) is 0 Å². The Morgan fingerprint density at radius 3 is 2.67 bits per heavy atom. The Morgan fingerprint density at radius 1 is 1.61 bits per heavy atom. The lowest BCUT2D eigenvalue weighted by molar-refractivity contribution is 0.0948. The van der Waals surface area contributed by atoms with Crippen LogP contribution >= 0.6 is 11.3 Å². The maximum Gasteiger partial charge on any atom is 0.265 e. The van der Waals surface area contributed by atoms with Gasteiger partial charge in [0.15, 0.2) is 5.13 Å². The Morgan fingerprint density at radius 2 is 2.22 bits per heavy atom. The van der Waals surface area contributed by atoms with Gasteiger partial charge in [-0.2, -0.15) is 0 Å². The maximum atomic E-state index is 12.0. The van der Waals surface area contributed by atoms with E-state index in [9.17, 15) is 9.00 Å². The van der Waals surface area contributed by atoms with Crippen molar-refractivity contribution in [1.82, 2.24) is 10.3 Å². The quantitative estimate of drug-likeness (QED) is 0.813. The van der Waals surface area contributed by atoms with E-state index in [1.54, 1.807) is 11.2 Å². The number of nitrogens with two attached hydrogens (primary N) is 1. The van der Waals surface area contributed by atoms with E-state index < -0.39 is 10.8 Å². The summed E-state index contributed by atoms with van der Waals surface area (Å²) in [6.07, 6.45) is 1.61. The summed E-state index contributed by atoms with van der Waals surface area (Å²) < 4.78 is 11.1. The highest BCUT2D eigenvalue weighted by Gasteiger charge is 2.18. The predicted molar refractivity (Wildman–Crippen MR) is 76.7 cm³/mol. The Balaban J connectivity index is 2.75. The zero-order valence-corrected chi connectivity index (χ0v) is 12.5. The van der Waals surface area contributed by atoms with Crippen molar-refractivity contribution in [1.29, 1.82) is 0 Å². The van der Waals surface area contributed by atoms with Gasteiger partial charge in [-0.3, -0.25) is 9.00 Å². The zero-order valence-electron chi connectivity index (χ0n) is 10.9. The van der Waals surface area contributed by atoms with E-state index in [4.69, 9.17) is 5.73 Å². The van der Waals surface area contributed by atoms with Crippen molar-refractivity contribution in [3.05, 3.63) is 4.88 Å². The lowest BCUT2D eigenvalue weighted by atomic mass is 10.3. The fraction of sp³-hybridized carbons (Fsp3) is 0.600. The van der Waals surface area contributed by atoms with Crippen LogP contribution in [0.25, 0.3) is 0 Å². The van der Waals surface area contributed by atoms with Crippen LogP contribution < -0.4 is 16.0 Å². The van der Waals surface area contributed by atoms with Crippen LogP contribution in [0.2, 0.25) is 0 Å². The van der Waals surface area contributed by atoms with Gasteiger partial charge in [0.1, 0.15) is 10.7 Å². The monoisotopic (exact) mass is 290 g/mol. The number of amides is 1. The smallest absolute Gasteiger partial charge is 0.265 e. The molecule has 6 nitrogen and oxygen atoms in total. The van der Waals surface area contributed by atoms with Crippen LogP contribution in [0.4, 0.5) is 10.9 Å². The molecule has 0 aromatic carbocycles. The first-order chi connectivity index (χ1) is 8.31. The van der Waals surface area contributed by atoms with Gasteiger partial charge in [-0.15, -0.1) is 0 Å². The number of carbonyl (C=O) groups is 1. The van der Waals surface area contributed by atoms with Gasteiger partial charge >= 0.3 is 0 Å². The van der Waals surface area contributed by atoms with E-state index in [1.165, 1.54) is 11.3 Å². The van der Waals surface area contributed by atoms with E-state index in [0.29, 0.717) is 15.8 Å². The molecule has 0 aliphatic rings. The topological polar surface area (TPSA) is 88.3 Å². The van der Waals surface area contributed by atoms with Gasteiger partial charge in [0.05, 0.1) is 0 Å². The molecule has 0 saturated heterocycles. The highest BCUT2D eigenvalue weighted by Crippen LogP contribution is 2.26. The van der Waals surface area contributed by atoms with Crippen molar-refractivity contribution in [3.63, 3.8) is 0 Å². The number of carbonyl (C=O) groups excluding carboxylic acids is 1. The van der Waals surface area contributed by atoms with Gasteiger partial charge in [-0.05, 0) is 6.92 Å². The van der Waals surface area contributed by atoms with Crippen molar-refractivity contribution in [3.8, 4) is 0 Å². The first-order valence-corrected chi connectivity index (χ1v) is 7.90. The summed E-state index contributed by atoms with van der Waals surface area (Å²) in [7, 11) is 2.73. The third-order valence-corrected chi connectivity index (χ3v) is 4.30. The molecule has 0 radical (unpaired) electrons. The van der Waals surface area contributed by atoms with Crippen molar-refractivity contribution in [2.24, 2.45) is 0 Å². The molecule has 8 heteroatoms. The fourth-order valence-electron chi connectivity index (χ4n) is 1.36. The Kier molecular flexibility index (Phi) is 5.09.